The molecule has 0 heterocycles. The van der Waals surface area contributed by atoms with E-state index < -0.39 is 12.3 Å². The summed E-state index contributed by atoms with van der Waals surface area (Å²) >= 11 is 0. The first kappa shape index (κ1) is 10.2. The van der Waals surface area contributed by atoms with E-state index in [-0.39, 0.29) is 6.54 Å². The SMILES string of the molecule is CC(F)c1ccccc1C(O)CN. The third-order valence-corrected chi connectivity index (χ3v) is 2.01. The van der Waals surface area contributed by atoms with Gasteiger partial charge >= 0.3 is 0 Å². The Balaban J connectivity index is 3.04. The number of aliphatic hydroxyl groups is 1. The predicted molar refractivity (Wildman–Crippen MR) is 50.0 cm³/mol. The molecular weight excluding hydrogens is 169 g/mol. The number of hydrogen-bond donors (Lipinski definition) is 2. The Bertz CT molecular complexity index is 275. The van der Waals surface area contributed by atoms with Crippen LogP contribution in [0.5, 0.6) is 0 Å². The molecule has 0 amide bonds. The van der Waals surface area contributed by atoms with Gasteiger partial charge < -0.3 is 10.8 Å². The molecular formula is C10H14FNO. The van der Waals surface area contributed by atoms with Gasteiger partial charge in [0, 0.05) is 6.54 Å². The molecule has 0 bridgehead atoms. The molecule has 0 aromatic heterocycles. The van der Waals surface area contributed by atoms with E-state index in [1.165, 1.54) is 6.92 Å². The van der Waals surface area contributed by atoms with Crippen molar-refractivity contribution in [3.05, 3.63) is 35.4 Å². The van der Waals surface area contributed by atoms with Gasteiger partial charge in [0.15, 0.2) is 0 Å². The highest BCUT2D eigenvalue weighted by molar-refractivity contribution is 5.30. The average Bonchev–Trinajstić information content (AvgIpc) is 2.16. The van der Waals surface area contributed by atoms with Gasteiger partial charge in [-0.3, -0.25) is 0 Å². The van der Waals surface area contributed by atoms with E-state index >= 15 is 0 Å². The molecule has 3 heteroatoms. The minimum atomic E-state index is -1.07. The van der Waals surface area contributed by atoms with Gasteiger partial charge in [-0.1, -0.05) is 24.3 Å². The number of hydrogen-bond acceptors (Lipinski definition) is 2. The molecule has 1 rings (SSSR count). The lowest BCUT2D eigenvalue weighted by atomic mass is 10.00. The molecule has 0 aliphatic rings. The van der Waals surface area contributed by atoms with Gasteiger partial charge in [-0.15, -0.1) is 0 Å². The van der Waals surface area contributed by atoms with Crippen molar-refractivity contribution in [3.8, 4) is 0 Å². The largest absolute Gasteiger partial charge is 0.387 e. The molecule has 0 aliphatic carbocycles. The summed E-state index contributed by atoms with van der Waals surface area (Å²) in [7, 11) is 0. The van der Waals surface area contributed by atoms with E-state index in [2.05, 4.69) is 0 Å². The Morgan fingerprint density at radius 3 is 2.38 bits per heavy atom. The molecule has 0 spiro atoms. The normalized spacial score (nSPS) is 15.4. The van der Waals surface area contributed by atoms with Crippen molar-refractivity contribution < 1.29 is 9.50 Å². The molecule has 2 nitrogen and oxygen atoms in total. The monoisotopic (exact) mass is 183 g/mol. The van der Waals surface area contributed by atoms with Crippen LogP contribution < -0.4 is 5.73 Å². The van der Waals surface area contributed by atoms with E-state index in [1.807, 2.05) is 0 Å². The van der Waals surface area contributed by atoms with Crippen molar-refractivity contribution >= 4 is 0 Å². The zero-order valence-electron chi connectivity index (χ0n) is 7.57. The van der Waals surface area contributed by atoms with Crippen LogP contribution in [0.3, 0.4) is 0 Å². The van der Waals surface area contributed by atoms with Crippen molar-refractivity contribution in [1.82, 2.24) is 0 Å². The van der Waals surface area contributed by atoms with Crippen LogP contribution in [0.1, 0.15) is 30.3 Å². The molecule has 2 unspecified atom stereocenters. The first-order valence-corrected chi connectivity index (χ1v) is 4.27. The fourth-order valence-electron chi connectivity index (χ4n) is 1.30. The summed E-state index contributed by atoms with van der Waals surface area (Å²) in [5.41, 5.74) is 6.40. The van der Waals surface area contributed by atoms with Crippen LogP contribution in [0, 0.1) is 0 Å². The second kappa shape index (κ2) is 4.35. The van der Waals surface area contributed by atoms with E-state index in [1.54, 1.807) is 24.3 Å². The van der Waals surface area contributed by atoms with Crippen LogP contribution in [-0.2, 0) is 0 Å². The Labute approximate surface area is 77.2 Å². The summed E-state index contributed by atoms with van der Waals surface area (Å²) in [6.07, 6.45) is -1.84. The van der Waals surface area contributed by atoms with Crippen LogP contribution in [0.15, 0.2) is 24.3 Å². The zero-order valence-corrected chi connectivity index (χ0v) is 7.57. The molecule has 0 fully saturated rings. The Morgan fingerprint density at radius 2 is 1.92 bits per heavy atom. The van der Waals surface area contributed by atoms with Gasteiger partial charge in [-0.05, 0) is 18.1 Å². The van der Waals surface area contributed by atoms with Crippen LogP contribution in [0.25, 0.3) is 0 Å². The van der Waals surface area contributed by atoms with Crippen molar-refractivity contribution in [1.29, 1.82) is 0 Å². The summed E-state index contributed by atoms with van der Waals surface area (Å²) in [5.74, 6) is 0. The van der Waals surface area contributed by atoms with E-state index in [4.69, 9.17) is 5.73 Å². The summed E-state index contributed by atoms with van der Waals surface area (Å²) in [6.45, 7) is 1.56. The molecule has 0 radical (unpaired) electrons. The quantitative estimate of drug-likeness (QED) is 0.749. The lowest BCUT2D eigenvalue weighted by Crippen LogP contribution is -2.13. The van der Waals surface area contributed by atoms with Crippen molar-refractivity contribution in [3.63, 3.8) is 0 Å². The van der Waals surface area contributed by atoms with Crippen LogP contribution in [0.4, 0.5) is 4.39 Å². The first-order valence-electron chi connectivity index (χ1n) is 4.27. The topological polar surface area (TPSA) is 46.2 Å². The molecule has 1 aromatic carbocycles. The van der Waals surface area contributed by atoms with Gasteiger partial charge in [0.1, 0.15) is 6.17 Å². The van der Waals surface area contributed by atoms with Gasteiger partial charge in [0.2, 0.25) is 0 Å². The maximum Gasteiger partial charge on any atom is 0.123 e. The molecule has 2 atom stereocenters. The van der Waals surface area contributed by atoms with Crippen molar-refractivity contribution in [2.24, 2.45) is 5.73 Å². The van der Waals surface area contributed by atoms with Gasteiger partial charge in [-0.25, -0.2) is 4.39 Å². The highest BCUT2D eigenvalue weighted by atomic mass is 19.1. The maximum atomic E-state index is 13.0. The molecule has 72 valence electrons. The lowest BCUT2D eigenvalue weighted by Gasteiger charge is -2.14. The minimum Gasteiger partial charge on any atom is -0.387 e. The van der Waals surface area contributed by atoms with E-state index in [0.29, 0.717) is 11.1 Å². The Hall–Kier alpha value is -0.930. The molecule has 1 aromatic rings. The molecule has 0 saturated carbocycles. The molecule has 0 saturated heterocycles. The third-order valence-electron chi connectivity index (χ3n) is 2.01. The molecule has 0 aliphatic heterocycles. The van der Waals surface area contributed by atoms with Crippen LogP contribution >= 0.6 is 0 Å². The number of alkyl halides is 1. The number of aliphatic hydroxyl groups excluding tert-OH is 1. The van der Waals surface area contributed by atoms with Gasteiger partial charge in [-0.2, -0.15) is 0 Å². The summed E-state index contributed by atoms with van der Waals surface area (Å²) in [6, 6.07) is 6.88. The van der Waals surface area contributed by atoms with Crippen molar-refractivity contribution in [2.45, 2.75) is 19.2 Å². The minimum absolute atomic E-state index is 0.115. The standard InChI is InChI=1S/C10H14FNO/c1-7(11)8-4-2-3-5-9(8)10(13)6-12/h2-5,7,10,13H,6,12H2,1H3. The van der Waals surface area contributed by atoms with Gasteiger partial charge in [0.05, 0.1) is 6.10 Å². The summed E-state index contributed by atoms with van der Waals surface area (Å²) in [4.78, 5) is 0. The van der Waals surface area contributed by atoms with Crippen LogP contribution in [0.2, 0.25) is 0 Å². The zero-order chi connectivity index (χ0) is 9.84. The third kappa shape index (κ3) is 2.26. The highest BCUT2D eigenvalue weighted by Crippen LogP contribution is 2.25. The summed E-state index contributed by atoms with van der Waals surface area (Å²) in [5, 5.41) is 9.47. The second-order valence-corrected chi connectivity index (χ2v) is 3.00. The molecule has 3 N–H and O–H groups in total. The Kier molecular flexibility index (Phi) is 3.39. The number of benzene rings is 1. The molecule has 13 heavy (non-hydrogen) atoms. The Morgan fingerprint density at radius 1 is 1.38 bits per heavy atom. The summed E-state index contributed by atoms with van der Waals surface area (Å²) < 4.78 is 13.0. The maximum absolute atomic E-state index is 13.0. The fourth-order valence-corrected chi connectivity index (χ4v) is 1.30. The second-order valence-electron chi connectivity index (χ2n) is 3.00. The lowest BCUT2D eigenvalue weighted by molar-refractivity contribution is 0.183. The smallest absolute Gasteiger partial charge is 0.123 e. The average molecular weight is 183 g/mol. The highest BCUT2D eigenvalue weighted by Gasteiger charge is 2.13. The number of nitrogens with two attached hydrogens (primary N) is 1. The van der Waals surface area contributed by atoms with E-state index in [9.17, 15) is 9.50 Å². The van der Waals surface area contributed by atoms with E-state index in [0.717, 1.165) is 0 Å². The van der Waals surface area contributed by atoms with Gasteiger partial charge in [0.25, 0.3) is 0 Å². The fraction of sp³-hybridized carbons (Fsp3) is 0.400. The number of halogens is 1. The predicted octanol–water partition coefficient (Wildman–Crippen LogP) is 1.71. The number of rotatable bonds is 3. The van der Waals surface area contributed by atoms with Crippen molar-refractivity contribution in [2.75, 3.05) is 6.54 Å². The first-order chi connectivity index (χ1) is 6.16. The van der Waals surface area contributed by atoms with Crippen LogP contribution in [-0.4, -0.2) is 11.7 Å².